The molecule has 1 rings (SSSR count). The van der Waals surface area contributed by atoms with Crippen molar-refractivity contribution in [1.29, 1.82) is 0 Å². The Bertz CT molecular complexity index is 406. The fourth-order valence-corrected chi connectivity index (χ4v) is 2.10. The lowest BCUT2D eigenvalue weighted by Crippen LogP contribution is -2.38. The van der Waals surface area contributed by atoms with Gasteiger partial charge in [0.2, 0.25) is 5.91 Å². The van der Waals surface area contributed by atoms with Crippen LogP contribution in [0, 0.1) is 5.92 Å². The van der Waals surface area contributed by atoms with Crippen LogP contribution in [0.2, 0.25) is 0 Å². The maximum Gasteiger partial charge on any atom is 0.232 e. The van der Waals surface area contributed by atoms with Crippen molar-refractivity contribution in [2.45, 2.75) is 26.3 Å². The van der Waals surface area contributed by atoms with E-state index in [1.54, 1.807) is 11.9 Å². The van der Waals surface area contributed by atoms with Gasteiger partial charge in [0, 0.05) is 13.6 Å². The van der Waals surface area contributed by atoms with E-state index in [-0.39, 0.29) is 11.8 Å². The number of carbonyl (C=O) groups excluding carboxylic acids is 1. The lowest BCUT2D eigenvalue weighted by molar-refractivity contribution is -0.132. The second-order valence-corrected chi connectivity index (χ2v) is 4.89. The van der Waals surface area contributed by atoms with Gasteiger partial charge >= 0.3 is 0 Å². The lowest BCUT2D eigenvalue weighted by Gasteiger charge is -2.23. The van der Waals surface area contributed by atoms with Crippen LogP contribution >= 0.6 is 12.2 Å². The number of hydrogen-bond donors (Lipinski definition) is 1. The lowest BCUT2D eigenvalue weighted by atomic mass is 10.0. The first kappa shape index (κ1) is 14.6. The van der Waals surface area contributed by atoms with E-state index in [1.165, 1.54) is 0 Å². The van der Waals surface area contributed by atoms with Crippen LogP contribution in [-0.2, 0) is 11.3 Å². The Morgan fingerprint density at radius 1 is 1.39 bits per heavy atom. The third-order valence-electron chi connectivity index (χ3n) is 2.86. The molecule has 1 amide bonds. The van der Waals surface area contributed by atoms with Gasteiger partial charge in [-0.15, -0.1) is 0 Å². The molecule has 0 heterocycles. The predicted molar refractivity (Wildman–Crippen MR) is 78.1 cm³/mol. The highest BCUT2D eigenvalue weighted by Crippen LogP contribution is 2.12. The van der Waals surface area contributed by atoms with Crippen molar-refractivity contribution < 1.29 is 4.79 Å². The van der Waals surface area contributed by atoms with Crippen LogP contribution in [0.15, 0.2) is 30.3 Å². The Kier molecular flexibility index (Phi) is 5.78. The minimum atomic E-state index is -0.335. The van der Waals surface area contributed by atoms with Crippen LogP contribution in [-0.4, -0.2) is 22.8 Å². The van der Waals surface area contributed by atoms with Gasteiger partial charge < -0.3 is 10.6 Å². The van der Waals surface area contributed by atoms with Gasteiger partial charge in [-0.05, 0) is 12.0 Å². The molecule has 1 atom stereocenters. The van der Waals surface area contributed by atoms with Crippen molar-refractivity contribution in [2.24, 2.45) is 11.7 Å². The van der Waals surface area contributed by atoms with Crippen molar-refractivity contribution >= 4 is 23.1 Å². The maximum atomic E-state index is 12.2. The molecule has 4 heteroatoms. The second-order valence-electron chi connectivity index (χ2n) is 4.42. The first-order valence-corrected chi connectivity index (χ1v) is 6.55. The van der Waals surface area contributed by atoms with E-state index in [2.05, 4.69) is 0 Å². The zero-order valence-electron chi connectivity index (χ0n) is 10.9. The molecule has 3 nitrogen and oxygen atoms in total. The molecule has 0 aliphatic carbocycles. The number of thiocarbonyl (C=S) groups is 1. The molecule has 0 radical (unpaired) electrons. The number of carbonyl (C=O) groups is 1. The highest BCUT2D eigenvalue weighted by Gasteiger charge is 2.23. The van der Waals surface area contributed by atoms with Crippen LogP contribution < -0.4 is 5.73 Å². The molecular weight excluding hydrogens is 244 g/mol. The van der Waals surface area contributed by atoms with Crippen molar-refractivity contribution in [3.8, 4) is 0 Å². The summed E-state index contributed by atoms with van der Waals surface area (Å²) >= 11 is 4.97. The summed E-state index contributed by atoms with van der Waals surface area (Å²) in [4.78, 5) is 14.2. The maximum absolute atomic E-state index is 12.2. The number of hydrogen-bond acceptors (Lipinski definition) is 2. The fourth-order valence-electron chi connectivity index (χ4n) is 1.88. The molecule has 98 valence electrons. The standard InChI is InChI=1S/C14H20N2OS/c1-3-7-12(13(15)18)14(17)16(2)10-11-8-5-4-6-9-11/h4-6,8-9,12H,3,7,10H2,1-2H3,(H2,15,18). The number of nitrogens with two attached hydrogens (primary N) is 1. The van der Waals surface area contributed by atoms with Crippen molar-refractivity contribution in [2.75, 3.05) is 7.05 Å². The van der Waals surface area contributed by atoms with Crippen LogP contribution in [0.1, 0.15) is 25.3 Å². The van der Waals surface area contributed by atoms with E-state index < -0.39 is 0 Å². The Hall–Kier alpha value is -1.42. The summed E-state index contributed by atoms with van der Waals surface area (Å²) in [5.41, 5.74) is 6.74. The average molecular weight is 264 g/mol. The van der Waals surface area contributed by atoms with Gasteiger partial charge in [-0.2, -0.15) is 0 Å². The highest BCUT2D eigenvalue weighted by molar-refractivity contribution is 7.80. The monoisotopic (exact) mass is 264 g/mol. The topological polar surface area (TPSA) is 46.3 Å². The first-order valence-electron chi connectivity index (χ1n) is 6.14. The van der Waals surface area contributed by atoms with Crippen LogP contribution in [0.3, 0.4) is 0 Å². The zero-order valence-corrected chi connectivity index (χ0v) is 11.7. The SMILES string of the molecule is CCCC(C(=O)N(C)Cc1ccccc1)C(N)=S. The minimum absolute atomic E-state index is 0.00760. The Morgan fingerprint density at radius 3 is 2.50 bits per heavy atom. The Labute approximate surface area is 114 Å². The van der Waals surface area contributed by atoms with Crippen LogP contribution in [0.25, 0.3) is 0 Å². The number of rotatable bonds is 6. The summed E-state index contributed by atoms with van der Waals surface area (Å²) in [6.45, 7) is 2.61. The van der Waals surface area contributed by atoms with Gasteiger partial charge in [0.05, 0.1) is 10.9 Å². The van der Waals surface area contributed by atoms with Crippen LogP contribution in [0.4, 0.5) is 0 Å². The molecule has 0 saturated heterocycles. The first-order chi connectivity index (χ1) is 8.56. The van der Waals surface area contributed by atoms with Crippen LogP contribution in [0.5, 0.6) is 0 Å². The van der Waals surface area contributed by atoms with E-state index in [1.807, 2.05) is 37.3 Å². The molecule has 0 bridgehead atoms. The highest BCUT2D eigenvalue weighted by atomic mass is 32.1. The summed E-state index contributed by atoms with van der Waals surface area (Å²) in [5, 5.41) is 0. The third-order valence-corrected chi connectivity index (χ3v) is 3.14. The summed E-state index contributed by atoms with van der Waals surface area (Å²) in [7, 11) is 1.79. The molecule has 0 saturated carbocycles. The van der Waals surface area contributed by atoms with Crippen molar-refractivity contribution in [3.05, 3.63) is 35.9 Å². The smallest absolute Gasteiger partial charge is 0.232 e. The quantitative estimate of drug-likeness (QED) is 0.802. The molecule has 1 aromatic carbocycles. The van der Waals surface area contributed by atoms with E-state index in [9.17, 15) is 4.79 Å². The summed E-state index contributed by atoms with van der Waals surface area (Å²) in [5.74, 6) is -0.327. The summed E-state index contributed by atoms with van der Waals surface area (Å²) < 4.78 is 0. The van der Waals surface area contributed by atoms with Gasteiger partial charge in [-0.25, -0.2) is 0 Å². The normalized spacial score (nSPS) is 11.9. The van der Waals surface area contributed by atoms with Gasteiger partial charge in [0.25, 0.3) is 0 Å². The third kappa shape index (κ3) is 4.11. The van der Waals surface area contributed by atoms with Gasteiger partial charge in [-0.1, -0.05) is 55.9 Å². The Balaban J connectivity index is 2.67. The molecule has 2 N–H and O–H groups in total. The second kappa shape index (κ2) is 7.11. The van der Waals surface area contributed by atoms with Gasteiger partial charge in [0.1, 0.15) is 0 Å². The summed E-state index contributed by atoms with van der Waals surface area (Å²) in [6.07, 6.45) is 1.61. The van der Waals surface area contributed by atoms with Gasteiger partial charge in [0.15, 0.2) is 0 Å². The van der Waals surface area contributed by atoms with Gasteiger partial charge in [-0.3, -0.25) is 4.79 Å². The largest absolute Gasteiger partial charge is 0.393 e. The molecule has 0 aliphatic rings. The van der Waals surface area contributed by atoms with E-state index >= 15 is 0 Å². The minimum Gasteiger partial charge on any atom is -0.393 e. The van der Waals surface area contributed by atoms with E-state index in [0.29, 0.717) is 18.0 Å². The average Bonchev–Trinajstić information content (AvgIpc) is 2.36. The number of amides is 1. The van der Waals surface area contributed by atoms with Crippen molar-refractivity contribution in [1.82, 2.24) is 4.90 Å². The molecule has 0 aliphatic heterocycles. The number of benzene rings is 1. The molecular formula is C14H20N2OS. The molecule has 0 fully saturated rings. The fraction of sp³-hybridized carbons (Fsp3) is 0.429. The molecule has 1 unspecified atom stereocenters. The molecule has 1 aromatic rings. The van der Waals surface area contributed by atoms with E-state index in [0.717, 1.165) is 12.0 Å². The Morgan fingerprint density at radius 2 is 2.00 bits per heavy atom. The molecule has 0 aromatic heterocycles. The number of nitrogens with zero attached hydrogens (tertiary/aromatic N) is 1. The molecule has 0 spiro atoms. The van der Waals surface area contributed by atoms with E-state index in [4.69, 9.17) is 18.0 Å². The zero-order chi connectivity index (χ0) is 13.5. The molecule has 18 heavy (non-hydrogen) atoms. The predicted octanol–water partition coefficient (Wildman–Crippen LogP) is 2.35. The summed E-state index contributed by atoms with van der Waals surface area (Å²) in [6, 6.07) is 9.88. The van der Waals surface area contributed by atoms with Crippen molar-refractivity contribution in [3.63, 3.8) is 0 Å².